The zero-order chi connectivity index (χ0) is 11.7. The number of rotatable bonds is 2. The fourth-order valence-electron chi connectivity index (χ4n) is 1.40. The van der Waals surface area contributed by atoms with E-state index in [1.807, 2.05) is 30.5 Å². The number of nitrogens with zero attached hydrogens (tertiary/aromatic N) is 1. The van der Waals surface area contributed by atoms with Crippen LogP contribution in [0.1, 0.15) is 22.3 Å². The van der Waals surface area contributed by atoms with Gasteiger partial charge in [-0.15, -0.1) is 11.3 Å². The number of thiazole rings is 1. The molecule has 5 heteroatoms. The van der Waals surface area contributed by atoms with Crippen molar-refractivity contribution in [1.82, 2.24) is 4.98 Å². The van der Waals surface area contributed by atoms with Gasteiger partial charge in [-0.25, -0.2) is 4.98 Å². The zero-order valence-electron chi connectivity index (χ0n) is 8.58. The molecule has 0 aliphatic rings. The topological polar surface area (TPSA) is 38.9 Å². The van der Waals surface area contributed by atoms with Gasteiger partial charge in [0.15, 0.2) is 0 Å². The van der Waals surface area contributed by atoms with E-state index in [9.17, 15) is 0 Å². The van der Waals surface area contributed by atoms with Gasteiger partial charge in [-0.3, -0.25) is 0 Å². The van der Waals surface area contributed by atoms with Gasteiger partial charge in [0.2, 0.25) is 0 Å². The Hall–Kier alpha value is -0.420. The van der Waals surface area contributed by atoms with Gasteiger partial charge in [-0.1, -0.05) is 27.5 Å². The molecule has 0 aliphatic heterocycles. The summed E-state index contributed by atoms with van der Waals surface area (Å²) in [5.41, 5.74) is 8.11. The molecule has 1 aromatic carbocycles. The average molecular weight is 318 g/mol. The van der Waals surface area contributed by atoms with Crippen LogP contribution in [0.25, 0.3) is 0 Å². The van der Waals surface area contributed by atoms with Gasteiger partial charge in [0.1, 0.15) is 5.01 Å². The summed E-state index contributed by atoms with van der Waals surface area (Å²) in [4.78, 5) is 4.39. The molecule has 1 unspecified atom stereocenters. The molecular weight excluding hydrogens is 308 g/mol. The van der Waals surface area contributed by atoms with Crippen LogP contribution in [0.15, 0.2) is 28.1 Å². The minimum Gasteiger partial charge on any atom is -0.318 e. The summed E-state index contributed by atoms with van der Waals surface area (Å²) in [6.45, 7) is 1.96. The molecule has 1 aromatic heterocycles. The quantitative estimate of drug-likeness (QED) is 0.912. The van der Waals surface area contributed by atoms with Crippen LogP contribution in [0.4, 0.5) is 0 Å². The van der Waals surface area contributed by atoms with Gasteiger partial charge < -0.3 is 5.73 Å². The second kappa shape index (κ2) is 4.84. The Morgan fingerprint density at radius 1 is 1.50 bits per heavy atom. The lowest BCUT2D eigenvalue weighted by molar-refractivity contribution is 0.847. The Morgan fingerprint density at radius 3 is 2.88 bits per heavy atom. The Labute approximate surface area is 112 Å². The average Bonchev–Trinajstić information content (AvgIpc) is 2.67. The molecule has 2 nitrogen and oxygen atoms in total. The lowest BCUT2D eigenvalue weighted by Crippen LogP contribution is -2.12. The van der Waals surface area contributed by atoms with Gasteiger partial charge in [0.25, 0.3) is 0 Å². The highest BCUT2D eigenvalue weighted by Crippen LogP contribution is 2.30. The van der Waals surface area contributed by atoms with E-state index >= 15 is 0 Å². The second-order valence-electron chi connectivity index (χ2n) is 3.47. The van der Waals surface area contributed by atoms with Crippen LogP contribution < -0.4 is 5.73 Å². The number of hydrogen-bond acceptors (Lipinski definition) is 3. The molecular formula is C11H10BrClN2S. The van der Waals surface area contributed by atoms with Crippen molar-refractivity contribution in [2.24, 2.45) is 5.73 Å². The Bertz CT molecular complexity index is 512. The van der Waals surface area contributed by atoms with E-state index in [0.717, 1.165) is 20.7 Å². The van der Waals surface area contributed by atoms with E-state index in [1.165, 1.54) is 0 Å². The summed E-state index contributed by atoms with van der Waals surface area (Å²) in [6.07, 6.45) is 0. The molecule has 1 atom stereocenters. The number of aryl methyl sites for hydroxylation is 1. The second-order valence-corrected chi connectivity index (χ2v) is 5.65. The molecule has 0 fully saturated rings. The standard InChI is InChI=1S/C11H10BrClN2S/c1-6-5-16-11(15-6)10(14)8-4-7(13)2-3-9(8)12/h2-5,10H,14H2,1H3. The van der Waals surface area contributed by atoms with Crippen LogP contribution in [-0.2, 0) is 0 Å². The van der Waals surface area contributed by atoms with Gasteiger partial charge >= 0.3 is 0 Å². The van der Waals surface area contributed by atoms with E-state index in [0.29, 0.717) is 5.02 Å². The number of halogens is 2. The van der Waals surface area contributed by atoms with Crippen LogP contribution in [0.3, 0.4) is 0 Å². The van der Waals surface area contributed by atoms with Crippen molar-refractivity contribution < 1.29 is 0 Å². The predicted molar refractivity (Wildman–Crippen MR) is 72.0 cm³/mol. The summed E-state index contributed by atoms with van der Waals surface area (Å²) in [5.74, 6) is 0. The number of nitrogens with two attached hydrogens (primary N) is 1. The first kappa shape index (κ1) is 12.0. The highest BCUT2D eigenvalue weighted by Gasteiger charge is 2.15. The van der Waals surface area contributed by atoms with E-state index in [-0.39, 0.29) is 6.04 Å². The predicted octanol–water partition coefficient (Wildman–Crippen LogP) is 3.92. The summed E-state index contributed by atoms with van der Waals surface area (Å²) < 4.78 is 0.956. The minimum atomic E-state index is -0.230. The van der Waals surface area contributed by atoms with Crippen LogP contribution in [0.5, 0.6) is 0 Å². The molecule has 2 N–H and O–H groups in total. The van der Waals surface area contributed by atoms with Crippen molar-refractivity contribution in [1.29, 1.82) is 0 Å². The van der Waals surface area contributed by atoms with Crippen molar-refractivity contribution in [3.05, 3.63) is 49.3 Å². The molecule has 0 aliphatic carbocycles. The lowest BCUT2D eigenvalue weighted by Gasteiger charge is -2.11. The van der Waals surface area contributed by atoms with Crippen molar-refractivity contribution in [2.45, 2.75) is 13.0 Å². The van der Waals surface area contributed by atoms with Crippen LogP contribution in [0.2, 0.25) is 5.02 Å². The van der Waals surface area contributed by atoms with Gasteiger partial charge in [0.05, 0.1) is 6.04 Å². The maximum atomic E-state index is 6.16. The highest BCUT2D eigenvalue weighted by molar-refractivity contribution is 9.10. The molecule has 0 radical (unpaired) electrons. The monoisotopic (exact) mass is 316 g/mol. The fourth-order valence-corrected chi connectivity index (χ4v) is 2.89. The van der Waals surface area contributed by atoms with Gasteiger partial charge in [-0.2, -0.15) is 0 Å². The Morgan fingerprint density at radius 2 is 2.25 bits per heavy atom. The van der Waals surface area contributed by atoms with Crippen molar-refractivity contribution in [2.75, 3.05) is 0 Å². The molecule has 0 bridgehead atoms. The van der Waals surface area contributed by atoms with E-state index < -0.39 is 0 Å². The van der Waals surface area contributed by atoms with Crippen molar-refractivity contribution in [3.63, 3.8) is 0 Å². The first-order valence-corrected chi connectivity index (χ1v) is 6.75. The van der Waals surface area contributed by atoms with Crippen LogP contribution in [-0.4, -0.2) is 4.98 Å². The third-order valence-electron chi connectivity index (χ3n) is 2.20. The first-order chi connectivity index (χ1) is 7.58. The Kier molecular flexibility index (Phi) is 3.64. The number of hydrogen-bond donors (Lipinski definition) is 1. The molecule has 2 aromatic rings. The van der Waals surface area contributed by atoms with Gasteiger partial charge in [-0.05, 0) is 30.7 Å². The molecule has 0 spiro atoms. The molecule has 0 saturated carbocycles. The van der Waals surface area contributed by atoms with E-state index in [1.54, 1.807) is 11.3 Å². The summed E-state index contributed by atoms with van der Waals surface area (Å²) >= 11 is 11.0. The highest BCUT2D eigenvalue weighted by atomic mass is 79.9. The maximum Gasteiger partial charge on any atom is 0.114 e. The maximum absolute atomic E-state index is 6.16. The molecule has 1 heterocycles. The summed E-state index contributed by atoms with van der Waals surface area (Å²) in [5, 5.41) is 3.58. The van der Waals surface area contributed by atoms with E-state index in [2.05, 4.69) is 20.9 Å². The summed E-state index contributed by atoms with van der Waals surface area (Å²) in [7, 11) is 0. The van der Waals surface area contributed by atoms with Crippen molar-refractivity contribution in [3.8, 4) is 0 Å². The molecule has 0 saturated heterocycles. The minimum absolute atomic E-state index is 0.230. The number of benzene rings is 1. The molecule has 2 rings (SSSR count). The van der Waals surface area contributed by atoms with Crippen molar-refractivity contribution >= 4 is 38.9 Å². The van der Waals surface area contributed by atoms with Crippen LogP contribution in [0, 0.1) is 6.92 Å². The molecule has 16 heavy (non-hydrogen) atoms. The lowest BCUT2D eigenvalue weighted by atomic mass is 10.1. The third kappa shape index (κ3) is 2.46. The molecule has 0 amide bonds. The van der Waals surface area contributed by atoms with E-state index in [4.69, 9.17) is 17.3 Å². The first-order valence-electron chi connectivity index (χ1n) is 4.70. The summed E-state index contributed by atoms with van der Waals surface area (Å²) in [6, 6.07) is 5.37. The van der Waals surface area contributed by atoms with Crippen LogP contribution >= 0.6 is 38.9 Å². The fraction of sp³-hybridized carbons (Fsp3) is 0.182. The van der Waals surface area contributed by atoms with Gasteiger partial charge in [0, 0.05) is 20.6 Å². The molecule has 84 valence electrons. The zero-order valence-corrected chi connectivity index (χ0v) is 11.7. The smallest absolute Gasteiger partial charge is 0.114 e. The normalized spacial score (nSPS) is 12.8. The SMILES string of the molecule is Cc1csc(C(N)c2cc(Cl)ccc2Br)n1. The largest absolute Gasteiger partial charge is 0.318 e. The third-order valence-corrected chi connectivity index (χ3v) is 4.20. The Balaban J connectivity index is 2.40. The number of aromatic nitrogens is 1.